The van der Waals surface area contributed by atoms with E-state index in [1.54, 1.807) is 16.8 Å². The highest BCUT2D eigenvalue weighted by Crippen LogP contribution is 2.27. The van der Waals surface area contributed by atoms with Crippen LogP contribution in [0, 0.1) is 6.92 Å². The number of ether oxygens (including phenoxy) is 1. The second-order valence-electron chi connectivity index (χ2n) is 7.62. The summed E-state index contributed by atoms with van der Waals surface area (Å²) in [6, 6.07) is 23.1. The van der Waals surface area contributed by atoms with E-state index in [0.29, 0.717) is 23.1 Å². The van der Waals surface area contributed by atoms with E-state index in [1.807, 2.05) is 81.4 Å². The van der Waals surface area contributed by atoms with Crippen molar-refractivity contribution in [3.05, 3.63) is 88.4 Å². The normalized spacial score (nSPS) is 10.9. The zero-order valence-corrected chi connectivity index (χ0v) is 19.6. The number of aryl methyl sites for hydroxylation is 1. The zero-order chi connectivity index (χ0) is 22.7. The maximum Gasteiger partial charge on any atom is 0.336 e. The highest BCUT2D eigenvalue weighted by Gasteiger charge is 2.17. The third kappa shape index (κ3) is 4.89. The SMILES string of the molecule is Cc1ccccc1-c1nc(OC(C)C)nn1-c1ccc(NC(=O)c2ccc(Br)cc2)cc1. The first kappa shape index (κ1) is 21.8. The standard InChI is InChI=1S/C25H23BrN4O2/c1-16(2)32-25-28-23(22-7-5-4-6-17(22)3)30(29-25)21-14-12-20(13-15-21)27-24(31)18-8-10-19(26)11-9-18/h4-16H,1-3H3,(H,27,31). The molecule has 4 rings (SSSR count). The first-order valence-electron chi connectivity index (χ1n) is 10.3. The number of anilines is 1. The van der Waals surface area contributed by atoms with E-state index in [2.05, 4.69) is 31.3 Å². The quantitative estimate of drug-likeness (QED) is 0.357. The van der Waals surface area contributed by atoms with Gasteiger partial charge in [0.15, 0.2) is 5.82 Å². The molecule has 0 fully saturated rings. The zero-order valence-electron chi connectivity index (χ0n) is 18.0. The molecular formula is C25H23BrN4O2. The summed E-state index contributed by atoms with van der Waals surface area (Å²) in [5.74, 6) is 0.532. The summed E-state index contributed by atoms with van der Waals surface area (Å²) in [5.41, 5.74) is 4.17. The first-order chi connectivity index (χ1) is 15.4. The monoisotopic (exact) mass is 490 g/mol. The van der Waals surface area contributed by atoms with Crippen LogP contribution in [0.1, 0.15) is 29.8 Å². The van der Waals surface area contributed by atoms with E-state index >= 15 is 0 Å². The maximum absolute atomic E-state index is 12.5. The molecule has 0 radical (unpaired) electrons. The van der Waals surface area contributed by atoms with E-state index in [-0.39, 0.29) is 12.0 Å². The van der Waals surface area contributed by atoms with Crippen molar-refractivity contribution in [3.63, 3.8) is 0 Å². The molecule has 0 spiro atoms. The molecule has 0 unspecified atom stereocenters. The molecule has 0 saturated carbocycles. The Morgan fingerprint density at radius 2 is 1.69 bits per heavy atom. The Balaban J connectivity index is 1.63. The molecule has 0 aliphatic heterocycles. The van der Waals surface area contributed by atoms with Gasteiger partial charge in [0.1, 0.15) is 0 Å². The van der Waals surface area contributed by atoms with Crippen LogP contribution in [0.2, 0.25) is 0 Å². The number of hydrogen-bond donors (Lipinski definition) is 1. The topological polar surface area (TPSA) is 69.0 Å². The minimum Gasteiger partial charge on any atom is -0.460 e. The number of carbonyl (C=O) groups is 1. The van der Waals surface area contributed by atoms with E-state index in [9.17, 15) is 4.79 Å². The largest absolute Gasteiger partial charge is 0.460 e. The molecule has 0 bridgehead atoms. The molecule has 162 valence electrons. The van der Waals surface area contributed by atoms with Gasteiger partial charge in [-0.25, -0.2) is 4.68 Å². The van der Waals surface area contributed by atoms with Gasteiger partial charge in [-0.05, 0) is 74.9 Å². The highest BCUT2D eigenvalue weighted by atomic mass is 79.9. The smallest absolute Gasteiger partial charge is 0.336 e. The van der Waals surface area contributed by atoms with Crippen LogP contribution in [0.5, 0.6) is 6.01 Å². The number of nitrogens with zero attached hydrogens (tertiary/aromatic N) is 3. The number of rotatable bonds is 6. The first-order valence-corrected chi connectivity index (χ1v) is 11.1. The Morgan fingerprint density at radius 3 is 2.34 bits per heavy atom. The summed E-state index contributed by atoms with van der Waals surface area (Å²) < 4.78 is 8.44. The summed E-state index contributed by atoms with van der Waals surface area (Å²) in [7, 11) is 0. The van der Waals surface area contributed by atoms with Gasteiger partial charge in [-0.3, -0.25) is 4.79 Å². The van der Waals surface area contributed by atoms with Crippen molar-refractivity contribution in [1.29, 1.82) is 0 Å². The summed E-state index contributed by atoms with van der Waals surface area (Å²) in [4.78, 5) is 17.1. The van der Waals surface area contributed by atoms with Crippen molar-refractivity contribution in [2.24, 2.45) is 0 Å². The molecule has 0 aliphatic rings. The Labute approximate surface area is 195 Å². The number of amides is 1. The Morgan fingerprint density at radius 1 is 1.00 bits per heavy atom. The van der Waals surface area contributed by atoms with Crippen molar-refractivity contribution in [3.8, 4) is 23.1 Å². The second-order valence-corrected chi connectivity index (χ2v) is 8.53. The van der Waals surface area contributed by atoms with Crippen LogP contribution in [0.25, 0.3) is 17.1 Å². The van der Waals surface area contributed by atoms with Gasteiger partial charge in [-0.2, -0.15) is 4.98 Å². The van der Waals surface area contributed by atoms with Gasteiger partial charge in [-0.15, -0.1) is 5.10 Å². The predicted octanol–water partition coefficient (Wildman–Crippen LogP) is 6.04. The van der Waals surface area contributed by atoms with Gasteiger partial charge < -0.3 is 10.1 Å². The maximum atomic E-state index is 12.5. The van der Waals surface area contributed by atoms with Crippen molar-refractivity contribution < 1.29 is 9.53 Å². The molecule has 32 heavy (non-hydrogen) atoms. The molecular weight excluding hydrogens is 468 g/mol. The molecule has 1 amide bonds. The molecule has 0 aliphatic carbocycles. The Kier molecular flexibility index (Phi) is 6.37. The molecule has 4 aromatic rings. The highest BCUT2D eigenvalue weighted by molar-refractivity contribution is 9.10. The molecule has 3 aromatic carbocycles. The van der Waals surface area contributed by atoms with Gasteiger partial charge in [0.25, 0.3) is 5.91 Å². The fourth-order valence-corrected chi connectivity index (χ4v) is 3.49. The third-order valence-electron chi connectivity index (χ3n) is 4.79. The van der Waals surface area contributed by atoms with Crippen LogP contribution in [0.4, 0.5) is 5.69 Å². The van der Waals surface area contributed by atoms with Crippen LogP contribution in [-0.4, -0.2) is 26.8 Å². The van der Waals surface area contributed by atoms with Crippen molar-refractivity contribution in [2.75, 3.05) is 5.32 Å². The van der Waals surface area contributed by atoms with Gasteiger partial charge in [0.05, 0.1) is 11.8 Å². The number of halogens is 1. The molecule has 1 N–H and O–H groups in total. The van der Waals surface area contributed by atoms with E-state index in [0.717, 1.165) is 21.3 Å². The minimum atomic E-state index is -0.167. The van der Waals surface area contributed by atoms with E-state index in [1.165, 1.54) is 0 Å². The summed E-state index contributed by atoms with van der Waals surface area (Å²) in [6.07, 6.45) is -0.0354. The lowest BCUT2D eigenvalue weighted by atomic mass is 10.1. The molecule has 1 aromatic heterocycles. The molecule has 0 saturated heterocycles. The number of aromatic nitrogens is 3. The van der Waals surface area contributed by atoms with Gasteiger partial charge in [0.2, 0.25) is 0 Å². The van der Waals surface area contributed by atoms with Crippen LogP contribution < -0.4 is 10.1 Å². The van der Waals surface area contributed by atoms with E-state index < -0.39 is 0 Å². The van der Waals surface area contributed by atoms with Gasteiger partial charge >= 0.3 is 6.01 Å². The van der Waals surface area contributed by atoms with Crippen molar-refractivity contribution in [1.82, 2.24) is 14.8 Å². The molecule has 6 nitrogen and oxygen atoms in total. The van der Waals surface area contributed by atoms with E-state index in [4.69, 9.17) is 4.74 Å². The molecule has 1 heterocycles. The molecule has 7 heteroatoms. The Bertz CT molecular complexity index is 1230. The van der Waals surface area contributed by atoms with Crippen molar-refractivity contribution >= 4 is 27.5 Å². The fourth-order valence-electron chi connectivity index (χ4n) is 3.22. The lowest BCUT2D eigenvalue weighted by Crippen LogP contribution is -2.11. The van der Waals surface area contributed by atoms with Crippen LogP contribution in [0.15, 0.2) is 77.3 Å². The average Bonchev–Trinajstić information content (AvgIpc) is 3.17. The van der Waals surface area contributed by atoms with Gasteiger partial charge in [0, 0.05) is 21.3 Å². The summed E-state index contributed by atoms with van der Waals surface area (Å²) in [6.45, 7) is 5.92. The van der Waals surface area contributed by atoms with Crippen LogP contribution in [0.3, 0.4) is 0 Å². The van der Waals surface area contributed by atoms with Crippen molar-refractivity contribution in [2.45, 2.75) is 26.9 Å². The lowest BCUT2D eigenvalue weighted by molar-refractivity contribution is 0.102. The average molecular weight is 491 g/mol. The predicted molar refractivity (Wildman–Crippen MR) is 129 cm³/mol. The third-order valence-corrected chi connectivity index (χ3v) is 5.32. The Hall–Kier alpha value is -3.45. The number of hydrogen-bond acceptors (Lipinski definition) is 4. The summed E-state index contributed by atoms with van der Waals surface area (Å²) in [5, 5.41) is 7.49. The van der Waals surface area contributed by atoms with Gasteiger partial charge in [-0.1, -0.05) is 40.2 Å². The summed E-state index contributed by atoms with van der Waals surface area (Å²) >= 11 is 3.38. The number of benzene rings is 3. The second kappa shape index (κ2) is 9.36. The number of carbonyl (C=O) groups excluding carboxylic acids is 1. The van der Waals surface area contributed by atoms with Crippen LogP contribution >= 0.6 is 15.9 Å². The minimum absolute atomic E-state index is 0.0354. The number of nitrogens with one attached hydrogen (secondary N) is 1. The lowest BCUT2D eigenvalue weighted by Gasteiger charge is -2.10. The van der Waals surface area contributed by atoms with Crippen LogP contribution in [-0.2, 0) is 0 Å². The molecule has 0 atom stereocenters. The fraction of sp³-hybridized carbons (Fsp3) is 0.160.